The zero-order valence-electron chi connectivity index (χ0n) is 12.0. The van der Waals surface area contributed by atoms with Crippen molar-refractivity contribution in [1.82, 2.24) is 5.32 Å². The van der Waals surface area contributed by atoms with E-state index in [2.05, 4.69) is 5.32 Å². The van der Waals surface area contributed by atoms with Crippen molar-refractivity contribution in [3.8, 4) is 11.5 Å². The summed E-state index contributed by atoms with van der Waals surface area (Å²) in [7, 11) is -2.79. The molecule has 3 rings (SSSR count). The lowest BCUT2D eigenvalue weighted by molar-refractivity contribution is 0.296. The minimum Gasteiger partial charge on any atom is -0.490 e. The normalized spacial score (nSPS) is 23.7. The summed E-state index contributed by atoms with van der Waals surface area (Å²) in [5.74, 6) is 2.50. The number of sulfone groups is 1. The fourth-order valence-corrected chi connectivity index (χ4v) is 4.70. The first-order chi connectivity index (χ1) is 10.1. The summed E-state index contributed by atoms with van der Waals surface area (Å²) in [6.07, 6.45) is 1.66. The summed E-state index contributed by atoms with van der Waals surface area (Å²) in [5.41, 5.74) is 1.07. The third-order valence-corrected chi connectivity index (χ3v) is 5.77. The van der Waals surface area contributed by atoms with Crippen molar-refractivity contribution >= 4 is 9.84 Å². The van der Waals surface area contributed by atoms with Crippen molar-refractivity contribution in [2.45, 2.75) is 19.4 Å². The molecule has 2 aliphatic heterocycles. The van der Waals surface area contributed by atoms with Gasteiger partial charge in [-0.05, 0) is 24.9 Å². The van der Waals surface area contributed by atoms with E-state index in [1.165, 1.54) is 0 Å². The van der Waals surface area contributed by atoms with Gasteiger partial charge in [-0.25, -0.2) is 8.42 Å². The van der Waals surface area contributed by atoms with E-state index in [4.69, 9.17) is 9.47 Å². The first kappa shape index (κ1) is 14.7. The monoisotopic (exact) mass is 311 g/mol. The molecule has 1 saturated heterocycles. The third kappa shape index (κ3) is 3.68. The predicted octanol–water partition coefficient (Wildman–Crippen LogP) is 1.37. The van der Waals surface area contributed by atoms with Gasteiger partial charge in [-0.3, -0.25) is 0 Å². The molecular weight excluding hydrogens is 290 g/mol. The topological polar surface area (TPSA) is 64.6 Å². The molecule has 0 amide bonds. The van der Waals surface area contributed by atoms with E-state index in [1.807, 2.05) is 18.2 Å². The molecule has 0 aromatic heterocycles. The van der Waals surface area contributed by atoms with Gasteiger partial charge in [-0.1, -0.05) is 12.1 Å². The summed E-state index contributed by atoms with van der Waals surface area (Å²) >= 11 is 0. The Morgan fingerprint density at radius 1 is 1.24 bits per heavy atom. The van der Waals surface area contributed by atoms with Crippen LogP contribution < -0.4 is 14.8 Å². The highest BCUT2D eigenvalue weighted by atomic mass is 32.2. The average molecular weight is 311 g/mol. The molecule has 1 aromatic carbocycles. The standard InChI is InChI=1S/C15H21NO4S/c17-21(18)8-5-12(11-21)9-16-10-13-3-1-4-14-15(13)20-7-2-6-19-14/h1,3-4,12,16H,2,5-11H2/t12-/m0/s1. The van der Waals surface area contributed by atoms with Gasteiger partial charge in [0.2, 0.25) is 0 Å². The van der Waals surface area contributed by atoms with E-state index in [-0.39, 0.29) is 5.92 Å². The Morgan fingerprint density at radius 3 is 2.90 bits per heavy atom. The van der Waals surface area contributed by atoms with E-state index in [0.717, 1.165) is 36.4 Å². The molecule has 0 aliphatic carbocycles. The number of hydrogen-bond donors (Lipinski definition) is 1. The molecule has 21 heavy (non-hydrogen) atoms. The van der Waals surface area contributed by atoms with Gasteiger partial charge in [0.15, 0.2) is 21.3 Å². The summed E-state index contributed by atoms with van der Waals surface area (Å²) in [6, 6.07) is 5.91. The Morgan fingerprint density at radius 2 is 2.10 bits per heavy atom. The second-order valence-electron chi connectivity index (χ2n) is 5.69. The third-order valence-electron chi connectivity index (χ3n) is 3.93. The van der Waals surface area contributed by atoms with Gasteiger partial charge in [0.1, 0.15) is 0 Å². The molecule has 0 radical (unpaired) electrons. The van der Waals surface area contributed by atoms with Crippen LogP contribution in [0, 0.1) is 5.92 Å². The summed E-state index contributed by atoms with van der Waals surface area (Å²) < 4.78 is 34.3. The van der Waals surface area contributed by atoms with E-state index in [9.17, 15) is 8.42 Å². The van der Waals surface area contributed by atoms with Crippen LogP contribution in [-0.2, 0) is 16.4 Å². The minimum atomic E-state index is -2.79. The minimum absolute atomic E-state index is 0.231. The van der Waals surface area contributed by atoms with Crippen LogP contribution in [0.4, 0.5) is 0 Å². The molecule has 0 saturated carbocycles. The second-order valence-corrected chi connectivity index (χ2v) is 7.92. The summed E-state index contributed by atoms with van der Waals surface area (Å²) in [6.45, 7) is 2.75. The number of rotatable bonds is 4. The number of para-hydroxylation sites is 1. The number of nitrogens with one attached hydrogen (secondary N) is 1. The highest BCUT2D eigenvalue weighted by Gasteiger charge is 2.27. The molecule has 2 aliphatic rings. The maximum Gasteiger partial charge on any atom is 0.165 e. The van der Waals surface area contributed by atoms with Crippen LogP contribution in [0.1, 0.15) is 18.4 Å². The predicted molar refractivity (Wildman–Crippen MR) is 80.5 cm³/mol. The van der Waals surface area contributed by atoms with E-state index in [0.29, 0.717) is 31.3 Å². The highest BCUT2D eigenvalue weighted by molar-refractivity contribution is 7.91. The van der Waals surface area contributed by atoms with Gasteiger partial charge in [-0.2, -0.15) is 0 Å². The molecule has 1 fully saturated rings. The van der Waals surface area contributed by atoms with E-state index < -0.39 is 9.84 Å². The average Bonchev–Trinajstić information content (AvgIpc) is 2.66. The van der Waals surface area contributed by atoms with Crippen LogP contribution >= 0.6 is 0 Å². The molecule has 0 spiro atoms. The zero-order chi connectivity index (χ0) is 14.7. The van der Waals surface area contributed by atoms with Crippen molar-refractivity contribution in [2.24, 2.45) is 5.92 Å². The maximum absolute atomic E-state index is 11.4. The molecule has 2 heterocycles. The van der Waals surface area contributed by atoms with Gasteiger partial charge >= 0.3 is 0 Å². The fourth-order valence-electron chi connectivity index (χ4n) is 2.84. The summed E-state index contributed by atoms with van der Waals surface area (Å²) in [4.78, 5) is 0. The fraction of sp³-hybridized carbons (Fsp3) is 0.600. The number of fused-ring (bicyclic) bond motifs is 1. The molecule has 5 nitrogen and oxygen atoms in total. The van der Waals surface area contributed by atoms with Crippen LogP contribution in [0.3, 0.4) is 0 Å². The Kier molecular flexibility index (Phi) is 4.35. The lowest BCUT2D eigenvalue weighted by Gasteiger charge is -2.14. The largest absolute Gasteiger partial charge is 0.490 e. The quantitative estimate of drug-likeness (QED) is 0.910. The highest BCUT2D eigenvalue weighted by Crippen LogP contribution is 2.33. The first-order valence-electron chi connectivity index (χ1n) is 7.43. The van der Waals surface area contributed by atoms with Crippen LogP contribution in [0.5, 0.6) is 11.5 Å². The second kappa shape index (κ2) is 6.23. The first-order valence-corrected chi connectivity index (χ1v) is 9.25. The van der Waals surface area contributed by atoms with Crippen molar-refractivity contribution in [2.75, 3.05) is 31.3 Å². The molecule has 0 bridgehead atoms. The number of hydrogen-bond acceptors (Lipinski definition) is 5. The molecule has 6 heteroatoms. The van der Waals surface area contributed by atoms with E-state index in [1.54, 1.807) is 0 Å². The maximum atomic E-state index is 11.4. The van der Waals surface area contributed by atoms with Crippen LogP contribution in [0.2, 0.25) is 0 Å². The molecule has 0 unspecified atom stereocenters. The van der Waals surface area contributed by atoms with Crippen LogP contribution in [-0.4, -0.2) is 39.7 Å². The van der Waals surface area contributed by atoms with Gasteiger partial charge in [0.25, 0.3) is 0 Å². The van der Waals surface area contributed by atoms with Crippen LogP contribution in [0.25, 0.3) is 0 Å². The lowest BCUT2D eigenvalue weighted by atomic mass is 10.1. The Bertz CT molecular complexity index is 600. The molecule has 1 aromatic rings. The summed E-state index contributed by atoms with van der Waals surface area (Å²) in [5, 5.41) is 3.35. The van der Waals surface area contributed by atoms with Crippen molar-refractivity contribution in [1.29, 1.82) is 0 Å². The molecule has 1 N–H and O–H groups in total. The van der Waals surface area contributed by atoms with Crippen LogP contribution in [0.15, 0.2) is 18.2 Å². The van der Waals surface area contributed by atoms with Gasteiger partial charge < -0.3 is 14.8 Å². The zero-order valence-corrected chi connectivity index (χ0v) is 12.8. The Hall–Kier alpha value is -1.27. The van der Waals surface area contributed by atoms with Gasteiger partial charge in [-0.15, -0.1) is 0 Å². The van der Waals surface area contributed by atoms with E-state index >= 15 is 0 Å². The van der Waals surface area contributed by atoms with Gasteiger partial charge in [0, 0.05) is 18.5 Å². The molecule has 116 valence electrons. The number of ether oxygens (including phenoxy) is 2. The van der Waals surface area contributed by atoms with Crippen molar-refractivity contribution in [3.05, 3.63) is 23.8 Å². The lowest BCUT2D eigenvalue weighted by Crippen LogP contribution is -2.23. The van der Waals surface area contributed by atoms with Crippen molar-refractivity contribution in [3.63, 3.8) is 0 Å². The Balaban J connectivity index is 1.58. The molecule has 1 atom stereocenters. The number of benzene rings is 1. The molecular formula is C15H21NO4S. The SMILES string of the molecule is O=S1(=O)CC[C@@H](CNCc2cccc3c2OCCCO3)C1. The van der Waals surface area contributed by atoms with Gasteiger partial charge in [0.05, 0.1) is 24.7 Å². The Labute approximate surface area is 125 Å². The smallest absolute Gasteiger partial charge is 0.165 e. The van der Waals surface area contributed by atoms with Crippen molar-refractivity contribution < 1.29 is 17.9 Å².